The predicted molar refractivity (Wildman–Crippen MR) is 91.0 cm³/mol. The second kappa shape index (κ2) is 6.77. The summed E-state index contributed by atoms with van der Waals surface area (Å²) in [5.74, 6) is 0.858. The van der Waals surface area contributed by atoms with Crippen LogP contribution in [0.4, 0.5) is 11.6 Å². The van der Waals surface area contributed by atoms with Crippen LogP contribution in [0, 0.1) is 5.92 Å². The number of carbonyl (C=O) groups excluding carboxylic acids is 1. The van der Waals surface area contributed by atoms with Crippen LogP contribution >= 0.6 is 0 Å². The zero-order valence-corrected chi connectivity index (χ0v) is 13.6. The van der Waals surface area contributed by atoms with Crippen molar-refractivity contribution in [3.63, 3.8) is 0 Å². The number of para-hydroxylation sites is 1. The molecule has 3 rings (SSSR count). The summed E-state index contributed by atoms with van der Waals surface area (Å²) in [4.78, 5) is 23.2. The number of rotatable bonds is 4. The zero-order valence-electron chi connectivity index (χ0n) is 13.6. The number of anilines is 2. The van der Waals surface area contributed by atoms with Gasteiger partial charge in [-0.1, -0.05) is 32.0 Å². The maximum Gasteiger partial charge on any atom is 0.270 e. The fourth-order valence-corrected chi connectivity index (χ4v) is 2.73. The van der Waals surface area contributed by atoms with Crippen molar-refractivity contribution >= 4 is 17.5 Å². The molecule has 0 radical (unpaired) electrons. The maximum atomic E-state index is 12.2. The minimum Gasteiger partial charge on any atom is -0.350 e. The lowest BCUT2D eigenvalue weighted by atomic mass is 10.0. The van der Waals surface area contributed by atoms with E-state index in [-0.39, 0.29) is 5.91 Å². The van der Waals surface area contributed by atoms with Crippen LogP contribution < -0.4 is 10.2 Å². The Balaban J connectivity index is 1.85. The molecule has 0 unspecified atom stereocenters. The first-order valence-electron chi connectivity index (χ1n) is 8.12. The van der Waals surface area contributed by atoms with E-state index >= 15 is 0 Å². The van der Waals surface area contributed by atoms with Gasteiger partial charge >= 0.3 is 0 Å². The molecule has 1 aliphatic rings. The molecule has 1 aromatic heterocycles. The summed E-state index contributed by atoms with van der Waals surface area (Å²) in [6.07, 6.45) is 3.79. The first kappa shape index (κ1) is 15.5. The summed E-state index contributed by atoms with van der Waals surface area (Å²) in [5.41, 5.74) is 2.86. The normalized spacial score (nSPS) is 13.8. The quantitative estimate of drug-likeness (QED) is 0.943. The molecule has 1 aliphatic heterocycles. The van der Waals surface area contributed by atoms with Crippen molar-refractivity contribution < 1.29 is 4.79 Å². The smallest absolute Gasteiger partial charge is 0.270 e. The van der Waals surface area contributed by atoms with Gasteiger partial charge in [0.2, 0.25) is 5.95 Å². The molecular weight excluding hydrogens is 288 g/mol. The summed E-state index contributed by atoms with van der Waals surface area (Å²) >= 11 is 0. The molecule has 2 aromatic rings. The number of benzene rings is 1. The Bertz CT molecular complexity index is 699. The van der Waals surface area contributed by atoms with E-state index in [0.29, 0.717) is 24.1 Å². The van der Waals surface area contributed by atoms with Crippen molar-refractivity contribution in [2.75, 3.05) is 18.0 Å². The predicted octanol–water partition coefficient (Wildman–Crippen LogP) is 2.95. The van der Waals surface area contributed by atoms with Crippen molar-refractivity contribution in [1.82, 2.24) is 15.3 Å². The van der Waals surface area contributed by atoms with E-state index in [9.17, 15) is 4.79 Å². The van der Waals surface area contributed by atoms with Gasteiger partial charge in [0.05, 0.1) is 0 Å². The summed E-state index contributed by atoms with van der Waals surface area (Å²) < 4.78 is 0. The fraction of sp³-hybridized carbons (Fsp3) is 0.389. The molecule has 120 valence electrons. The molecule has 0 fully saturated rings. The molecule has 1 aromatic carbocycles. The van der Waals surface area contributed by atoms with Crippen LogP contribution in [-0.2, 0) is 6.42 Å². The van der Waals surface area contributed by atoms with Crippen molar-refractivity contribution in [2.24, 2.45) is 5.92 Å². The number of nitrogens with zero attached hydrogens (tertiary/aromatic N) is 3. The van der Waals surface area contributed by atoms with Gasteiger partial charge in [0.15, 0.2) is 0 Å². The van der Waals surface area contributed by atoms with Crippen molar-refractivity contribution in [1.29, 1.82) is 0 Å². The van der Waals surface area contributed by atoms with E-state index in [2.05, 4.69) is 52.2 Å². The van der Waals surface area contributed by atoms with Gasteiger partial charge in [0.1, 0.15) is 5.69 Å². The van der Waals surface area contributed by atoms with Crippen LogP contribution in [0.1, 0.15) is 36.3 Å². The van der Waals surface area contributed by atoms with Crippen LogP contribution in [0.5, 0.6) is 0 Å². The van der Waals surface area contributed by atoms with Gasteiger partial charge in [-0.3, -0.25) is 4.79 Å². The number of nitrogens with one attached hydrogen (secondary N) is 1. The molecule has 0 atom stereocenters. The van der Waals surface area contributed by atoms with Crippen LogP contribution in [0.25, 0.3) is 0 Å². The van der Waals surface area contributed by atoms with Crippen LogP contribution in [-0.4, -0.2) is 29.0 Å². The Morgan fingerprint density at radius 3 is 2.96 bits per heavy atom. The second-order valence-corrected chi connectivity index (χ2v) is 6.23. The van der Waals surface area contributed by atoms with Gasteiger partial charge in [0, 0.05) is 25.0 Å². The highest BCUT2D eigenvalue weighted by molar-refractivity contribution is 5.92. The van der Waals surface area contributed by atoms with Crippen molar-refractivity contribution in [3.05, 3.63) is 47.8 Å². The Labute approximate surface area is 136 Å². The van der Waals surface area contributed by atoms with Gasteiger partial charge < -0.3 is 10.2 Å². The van der Waals surface area contributed by atoms with Crippen LogP contribution in [0.15, 0.2) is 36.5 Å². The Hall–Kier alpha value is -2.43. The highest BCUT2D eigenvalue weighted by Crippen LogP contribution is 2.31. The highest BCUT2D eigenvalue weighted by atomic mass is 16.1. The maximum absolute atomic E-state index is 12.2. The Morgan fingerprint density at radius 1 is 1.30 bits per heavy atom. The number of hydrogen-bond acceptors (Lipinski definition) is 4. The molecule has 23 heavy (non-hydrogen) atoms. The van der Waals surface area contributed by atoms with Gasteiger partial charge in [0.25, 0.3) is 5.91 Å². The van der Waals surface area contributed by atoms with Gasteiger partial charge in [-0.2, -0.15) is 0 Å². The molecule has 0 bridgehead atoms. The molecule has 0 aliphatic carbocycles. The monoisotopic (exact) mass is 310 g/mol. The third-order valence-corrected chi connectivity index (χ3v) is 3.90. The zero-order chi connectivity index (χ0) is 16.2. The van der Waals surface area contributed by atoms with Crippen LogP contribution in [0.3, 0.4) is 0 Å². The molecule has 0 spiro atoms. The molecule has 5 heteroatoms. The third kappa shape index (κ3) is 3.50. The molecular formula is C18H22N4O. The number of fused-ring (bicyclic) bond motifs is 1. The largest absolute Gasteiger partial charge is 0.350 e. The minimum atomic E-state index is -0.146. The lowest BCUT2D eigenvalue weighted by molar-refractivity contribution is 0.0944. The molecule has 1 N–H and O–H groups in total. The number of aromatic nitrogens is 2. The average Bonchev–Trinajstić information content (AvgIpc) is 2.59. The van der Waals surface area contributed by atoms with Crippen molar-refractivity contribution in [3.8, 4) is 0 Å². The SMILES string of the molecule is CC(C)CNC(=O)c1ccnc(N2CCCc3ccccc32)n1. The van der Waals surface area contributed by atoms with Gasteiger partial charge in [-0.25, -0.2) is 9.97 Å². The minimum absolute atomic E-state index is 0.146. The fourth-order valence-electron chi connectivity index (χ4n) is 2.73. The van der Waals surface area contributed by atoms with E-state index in [1.807, 2.05) is 6.07 Å². The first-order valence-corrected chi connectivity index (χ1v) is 8.12. The molecule has 2 heterocycles. The van der Waals surface area contributed by atoms with E-state index in [4.69, 9.17) is 0 Å². The first-order chi connectivity index (χ1) is 11.1. The molecule has 5 nitrogen and oxygen atoms in total. The third-order valence-electron chi connectivity index (χ3n) is 3.90. The van der Waals surface area contributed by atoms with Crippen molar-refractivity contribution in [2.45, 2.75) is 26.7 Å². The van der Waals surface area contributed by atoms with Crippen LogP contribution in [0.2, 0.25) is 0 Å². The van der Waals surface area contributed by atoms with E-state index < -0.39 is 0 Å². The Kier molecular flexibility index (Phi) is 4.55. The number of amides is 1. The average molecular weight is 310 g/mol. The lowest BCUT2D eigenvalue weighted by Crippen LogP contribution is -2.30. The molecule has 1 amide bonds. The summed E-state index contributed by atoms with van der Waals surface area (Å²) in [5, 5.41) is 2.90. The number of aryl methyl sites for hydroxylation is 1. The summed E-state index contributed by atoms with van der Waals surface area (Å²) in [6, 6.07) is 9.97. The molecule has 0 saturated carbocycles. The molecule has 0 saturated heterocycles. The summed E-state index contributed by atoms with van der Waals surface area (Å²) in [7, 11) is 0. The second-order valence-electron chi connectivity index (χ2n) is 6.23. The van der Waals surface area contributed by atoms with Gasteiger partial charge in [-0.15, -0.1) is 0 Å². The highest BCUT2D eigenvalue weighted by Gasteiger charge is 2.20. The standard InChI is InChI=1S/C18H22N4O/c1-13(2)12-20-17(23)15-9-10-19-18(21-15)22-11-5-7-14-6-3-4-8-16(14)22/h3-4,6,8-10,13H,5,7,11-12H2,1-2H3,(H,20,23). The number of hydrogen-bond donors (Lipinski definition) is 1. The Morgan fingerprint density at radius 2 is 2.13 bits per heavy atom. The summed E-state index contributed by atoms with van der Waals surface area (Å²) in [6.45, 7) is 5.64. The number of carbonyl (C=O) groups is 1. The van der Waals surface area contributed by atoms with E-state index in [1.165, 1.54) is 5.56 Å². The van der Waals surface area contributed by atoms with E-state index in [1.54, 1.807) is 12.3 Å². The topological polar surface area (TPSA) is 58.1 Å². The van der Waals surface area contributed by atoms with E-state index in [0.717, 1.165) is 25.1 Å². The van der Waals surface area contributed by atoms with Gasteiger partial charge in [-0.05, 0) is 36.5 Å². The lowest BCUT2D eigenvalue weighted by Gasteiger charge is -2.29.